The van der Waals surface area contributed by atoms with Gasteiger partial charge in [0.2, 0.25) is 0 Å². The van der Waals surface area contributed by atoms with E-state index in [-0.39, 0.29) is 5.78 Å². The van der Waals surface area contributed by atoms with Crippen LogP contribution in [0.2, 0.25) is 0 Å². The van der Waals surface area contributed by atoms with Crippen molar-refractivity contribution in [2.45, 2.75) is 26.7 Å². The second kappa shape index (κ2) is 6.18. The quantitative estimate of drug-likeness (QED) is 0.669. The minimum absolute atomic E-state index is 0.215. The van der Waals surface area contributed by atoms with Crippen LogP contribution in [0.25, 0.3) is 0 Å². The van der Waals surface area contributed by atoms with Crippen LogP contribution in [0.1, 0.15) is 25.8 Å². The molecule has 1 nitrogen and oxygen atoms in total. The minimum Gasteiger partial charge on any atom is -0.295 e. The summed E-state index contributed by atoms with van der Waals surface area (Å²) in [6.07, 6.45) is 5.09. The lowest BCUT2D eigenvalue weighted by Crippen LogP contribution is -1.96. The third kappa shape index (κ3) is 5.16. The molecule has 0 aliphatic carbocycles. The summed E-state index contributed by atoms with van der Waals surface area (Å²) < 4.78 is 0. The van der Waals surface area contributed by atoms with E-state index in [1.165, 1.54) is 5.56 Å². The molecule has 0 aliphatic heterocycles. The normalized spacial score (nSPS) is 11.1. The number of rotatable bonds is 5. The molecule has 1 aromatic rings. The fourth-order valence-corrected chi connectivity index (χ4v) is 1.30. The van der Waals surface area contributed by atoms with Gasteiger partial charge in [-0.05, 0) is 24.0 Å². The fraction of sp³-hybridized carbons (Fsp3) is 0.357. The Morgan fingerprint density at radius 3 is 2.53 bits per heavy atom. The Hall–Kier alpha value is -1.37. The molecule has 0 unspecified atom stereocenters. The lowest BCUT2D eigenvalue weighted by Gasteiger charge is -1.98. The van der Waals surface area contributed by atoms with Crippen LogP contribution in [0.4, 0.5) is 0 Å². The standard InChI is InChI=1S/C14H18O/c1-12(2)8-10-14(15)11-9-13-6-4-3-5-7-13/h3-8,10,12H,9,11H2,1-2H3/b10-8+. The Labute approximate surface area is 91.8 Å². The van der Waals surface area contributed by atoms with Crippen molar-refractivity contribution in [2.24, 2.45) is 5.92 Å². The summed E-state index contributed by atoms with van der Waals surface area (Å²) in [5.41, 5.74) is 1.23. The summed E-state index contributed by atoms with van der Waals surface area (Å²) >= 11 is 0. The number of ketones is 1. The van der Waals surface area contributed by atoms with Crippen LogP contribution in [0.15, 0.2) is 42.5 Å². The highest BCUT2D eigenvalue weighted by Crippen LogP contribution is 2.03. The van der Waals surface area contributed by atoms with Crippen LogP contribution in [0, 0.1) is 5.92 Å². The zero-order chi connectivity index (χ0) is 11.1. The molecule has 0 saturated carbocycles. The van der Waals surface area contributed by atoms with Gasteiger partial charge in [-0.25, -0.2) is 0 Å². The first kappa shape index (κ1) is 11.7. The van der Waals surface area contributed by atoms with Gasteiger partial charge in [0.1, 0.15) is 0 Å². The predicted octanol–water partition coefficient (Wildman–Crippen LogP) is 3.40. The number of aryl methyl sites for hydroxylation is 1. The van der Waals surface area contributed by atoms with Crippen molar-refractivity contribution in [3.63, 3.8) is 0 Å². The lowest BCUT2D eigenvalue weighted by molar-refractivity contribution is -0.114. The van der Waals surface area contributed by atoms with Crippen molar-refractivity contribution < 1.29 is 4.79 Å². The van der Waals surface area contributed by atoms with Crippen molar-refractivity contribution >= 4 is 5.78 Å². The zero-order valence-corrected chi connectivity index (χ0v) is 9.44. The molecule has 1 heteroatoms. The van der Waals surface area contributed by atoms with Crippen molar-refractivity contribution in [3.05, 3.63) is 48.0 Å². The van der Waals surface area contributed by atoms with E-state index < -0.39 is 0 Å². The smallest absolute Gasteiger partial charge is 0.155 e. The van der Waals surface area contributed by atoms with E-state index in [4.69, 9.17) is 0 Å². The van der Waals surface area contributed by atoms with E-state index >= 15 is 0 Å². The third-order valence-electron chi connectivity index (χ3n) is 2.17. The minimum atomic E-state index is 0.215. The topological polar surface area (TPSA) is 17.1 Å². The number of carbonyl (C=O) groups excluding carboxylic acids is 1. The number of hydrogen-bond acceptors (Lipinski definition) is 1. The maximum absolute atomic E-state index is 11.4. The predicted molar refractivity (Wildman–Crippen MR) is 63.7 cm³/mol. The van der Waals surface area contributed by atoms with Crippen molar-refractivity contribution in [3.8, 4) is 0 Å². The molecule has 0 aromatic heterocycles. The maximum Gasteiger partial charge on any atom is 0.155 e. The summed E-state index contributed by atoms with van der Waals surface area (Å²) in [6, 6.07) is 10.1. The van der Waals surface area contributed by atoms with Gasteiger partial charge in [0, 0.05) is 6.42 Å². The Morgan fingerprint density at radius 1 is 1.27 bits per heavy atom. The van der Waals surface area contributed by atoms with Crippen LogP contribution < -0.4 is 0 Å². The van der Waals surface area contributed by atoms with Gasteiger partial charge in [0.05, 0.1) is 0 Å². The van der Waals surface area contributed by atoms with Gasteiger partial charge in [0.25, 0.3) is 0 Å². The average Bonchev–Trinajstić information content (AvgIpc) is 2.25. The van der Waals surface area contributed by atoms with Gasteiger partial charge in [-0.15, -0.1) is 0 Å². The van der Waals surface area contributed by atoms with Crippen molar-refractivity contribution in [1.82, 2.24) is 0 Å². The number of allylic oxidation sites excluding steroid dienone is 2. The Kier molecular flexibility index (Phi) is 4.82. The molecule has 0 bridgehead atoms. The molecule has 0 amide bonds. The second-order valence-corrected chi connectivity index (χ2v) is 4.06. The second-order valence-electron chi connectivity index (χ2n) is 4.06. The number of benzene rings is 1. The third-order valence-corrected chi connectivity index (χ3v) is 2.17. The zero-order valence-electron chi connectivity index (χ0n) is 9.44. The monoisotopic (exact) mass is 202 g/mol. The van der Waals surface area contributed by atoms with Gasteiger partial charge in [-0.3, -0.25) is 4.79 Å². The van der Waals surface area contributed by atoms with Gasteiger partial charge in [-0.1, -0.05) is 50.3 Å². The maximum atomic E-state index is 11.4. The molecular weight excluding hydrogens is 184 g/mol. The Balaban J connectivity index is 2.35. The van der Waals surface area contributed by atoms with E-state index in [1.54, 1.807) is 6.08 Å². The number of hydrogen-bond donors (Lipinski definition) is 0. The molecule has 0 heterocycles. The highest BCUT2D eigenvalue weighted by molar-refractivity contribution is 5.89. The van der Waals surface area contributed by atoms with Gasteiger partial charge in [0.15, 0.2) is 5.78 Å². The van der Waals surface area contributed by atoms with Crippen LogP contribution in [-0.4, -0.2) is 5.78 Å². The summed E-state index contributed by atoms with van der Waals surface area (Å²) in [6.45, 7) is 4.14. The first-order chi connectivity index (χ1) is 7.18. The summed E-state index contributed by atoms with van der Waals surface area (Å²) in [4.78, 5) is 11.4. The first-order valence-corrected chi connectivity index (χ1v) is 5.43. The van der Waals surface area contributed by atoms with Crippen molar-refractivity contribution in [2.75, 3.05) is 0 Å². The molecule has 0 aliphatic rings. The Bertz CT molecular complexity index is 322. The molecule has 0 saturated heterocycles. The van der Waals surface area contributed by atoms with Gasteiger partial charge < -0.3 is 0 Å². The molecule has 0 fully saturated rings. The molecule has 0 N–H and O–H groups in total. The van der Waals surface area contributed by atoms with E-state index in [2.05, 4.69) is 26.0 Å². The van der Waals surface area contributed by atoms with Crippen LogP contribution >= 0.6 is 0 Å². The van der Waals surface area contributed by atoms with Crippen molar-refractivity contribution in [1.29, 1.82) is 0 Å². The molecule has 15 heavy (non-hydrogen) atoms. The van der Waals surface area contributed by atoms with Gasteiger partial charge in [-0.2, -0.15) is 0 Å². The molecule has 0 radical (unpaired) electrons. The van der Waals surface area contributed by atoms with E-state index in [0.29, 0.717) is 12.3 Å². The van der Waals surface area contributed by atoms with E-state index in [1.807, 2.05) is 24.3 Å². The van der Waals surface area contributed by atoms with Crippen LogP contribution in [0.3, 0.4) is 0 Å². The average molecular weight is 202 g/mol. The highest BCUT2D eigenvalue weighted by atomic mass is 16.1. The lowest BCUT2D eigenvalue weighted by atomic mass is 10.1. The van der Waals surface area contributed by atoms with E-state index in [0.717, 1.165) is 6.42 Å². The SMILES string of the molecule is CC(C)/C=C/C(=O)CCc1ccccc1. The molecular formula is C14H18O. The molecule has 1 aromatic carbocycles. The summed E-state index contributed by atoms with van der Waals surface area (Å²) in [7, 11) is 0. The first-order valence-electron chi connectivity index (χ1n) is 5.43. The molecule has 1 rings (SSSR count). The van der Waals surface area contributed by atoms with Crippen LogP contribution in [-0.2, 0) is 11.2 Å². The van der Waals surface area contributed by atoms with E-state index in [9.17, 15) is 4.79 Å². The summed E-state index contributed by atoms with van der Waals surface area (Å²) in [5, 5.41) is 0. The summed E-state index contributed by atoms with van der Waals surface area (Å²) in [5.74, 6) is 0.665. The highest BCUT2D eigenvalue weighted by Gasteiger charge is 1.98. The largest absolute Gasteiger partial charge is 0.295 e. The van der Waals surface area contributed by atoms with Gasteiger partial charge >= 0.3 is 0 Å². The Morgan fingerprint density at radius 2 is 1.93 bits per heavy atom. The van der Waals surface area contributed by atoms with Crippen LogP contribution in [0.5, 0.6) is 0 Å². The molecule has 0 atom stereocenters. The fourth-order valence-electron chi connectivity index (χ4n) is 1.30. The molecule has 80 valence electrons. The number of carbonyl (C=O) groups is 1. The molecule has 0 spiro atoms.